The molecule has 0 aliphatic heterocycles. The molecule has 6 aromatic rings. The highest BCUT2D eigenvalue weighted by atomic mass is 31.0. The predicted octanol–water partition coefficient (Wildman–Crippen LogP) is 10.6. The molecule has 3 unspecified atom stereocenters. The molecule has 0 aliphatic carbocycles. The molecular weight excluding hydrogens is 597 g/mol. The maximum absolute atomic E-state index is 4.84. The third-order valence-corrected chi connectivity index (χ3v) is 12.9. The van der Waals surface area contributed by atoms with Crippen LogP contribution in [0.25, 0.3) is 0 Å². The monoisotopic (exact) mass is 636 g/mol. The van der Waals surface area contributed by atoms with E-state index < -0.39 is 20.9 Å². The Hall–Kier alpha value is -3.65. The highest BCUT2D eigenvalue weighted by Gasteiger charge is 2.69. The number of benzene rings is 6. The average molecular weight is 637 g/mol. The van der Waals surface area contributed by atoms with Gasteiger partial charge in [-0.3, -0.25) is 0 Å². The second-order valence-corrected chi connectivity index (χ2v) is 14.2. The lowest BCUT2D eigenvalue weighted by Gasteiger charge is -2.65. The first-order valence-electron chi connectivity index (χ1n) is 15.3. The van der Waals surface area contributed by atoms with E-state index in [0.717, 1.165) is 0 Å². The number of hydrogen-bond acceptors (Lipinski definition) is 0. The van der Waals surface area contributed by atoms with Gasteiger partial charge in [0, 0.05) is 20.9 Å². The number of hydrogen-bond donors (Lipinski definition) is 0. The molecule has 0 spiro atoms. The van der Waals surface area contributed by atoms with Gasteiger partial charge in [-0.2, -0.15) is 0 Å². The zero-order chi connectivity index (χ0) is 31.4. The minimum atomic E-state index is -0.818. The van der Waals surface area contributed by atoms with Crippen LogP contribution in [0.4, 0.5) is 0 Å². The Morgan fingerprint density at radius 3 is 0.600 bits per heavy atom. The van der Waals surface area contributed by atoms with Crippen LogP contribution in [0.3, 0.4) is 0 Å². The largest absolute Gasteiger partial charge is 0.121 e. The van der Waals surface area contributed by atoms with Crippen LogP contribution in [0.5, 0.6) is 0 Å². The highest BCUT2D eigenvalue weighted by molar-refractivity contribution is 7.22. The molecule has 45 heavy (non-hydrogen) atoms. The van der Waals surface area contributed by atoms with Crippen molar-refractivity contribution in [3.8, 4) is 0 Å². The van der Waals surface area contributed by atoms with Crippen molar-refractivity contribution in [2.24, 2.45) is 5.41 Å². The minimum absolute atomic E-state index is 0.710. The quantitative estimate of drug-likeness (QED) is 0.104. The summed E-state index contributed by atoms with van der Waals surface area (Å²) >= 11 is 0. The second kappa shape index (κ2) is 13.0. The molecule has 6 rings (SSSR count). The topological polar surface area (TPSA) is 0 Å². The average Bonchev–Trinajstić information content (AvgIpc) is 3.13. The third kappa shape index (κ3) is 4.87. The molecule has 0 fully saturated rings. The van der Waals surface area contributed by atoms with Crippen LogP contribution in [0.1, 0.15) is 33.4 Å². The molecule has 3 heteroatoms. The molecule has 0 heterocycles. The molecule has 0 aromatic heterocycles. The van der Waals surface area contributed by atoms with Crippen LogP contribution in [0.2, 0.25) is 0 Å². The minimum Gasteiger partial charge on any atom is -0.121 e. The fourth-order valence-corrected chi connectivity index (χ4v) is 10.9. The highest BCUT2D eigenvalue weighted by Crippen LogP contribution is 2.75. The lowest BCUT2D eigenvalue weighted by atomic mass is 9.49. The Kier molecular flexibility index (Phi) is 9.05. The normalized spacial score (nSPS) is 12.4. The molecule has 0 aliphatic rings. The van der Waals surface area contributed by atoms with E-state index in [2.05, 4.69) is 216 Å². The first kappa shape index (κ1) is 31.3. The maximum atomic E-state index is 4.84. The summed E-state index contributed by atoms with van der Waals surface area (Å²) in [6, 6.07) is 65.5. The van der Waals surface area contributed by atoms with E-state index in [1.807, 2.05) is 0 Å². The van der Waals surface area contributed by atoms with E-state index in [4.69, 9.17) is 6.58 Å². The van der Waals surface area contributed by atoms with Crippen molar-refractivity contribution >= 4 is 27.7 Å². The molecule has 0 radical (unpaired) electrons. The van der Waals surface area contributed by atoms with Crippen molar-refractivity contribution in [2.45, 2.75) is 15.5 Å². The van der Waals surface area contributed by atoms with E-state index in [1.165, 1.54) is 33.4 Å². The lowest BCUT2D eigenvalue weighted by molar-refractivity contribution is 0.184. The van der Waals surface area contributed by atoms with Crippen molar-refractivity contribution in [1.82, 2.24) is 0 Å². The number of allylic oxidation sites excluding steroid dienone is 1. The van der Waals surface area contributed by atoms with Crippen molar-refractivity contribution in [3.63, 3.8) is 0 Å². The van der Waals surface area contributed by atoms with Gasteiger partial charge in [-0.15, -0.1) is 34.3 Å². The predicted molar refractivity (Wildman–Crippen MR) is 203 cm³/mol. The van der Waals surface area contributed by atoms with Gasteiger partial charge in [-0.25, -0.2) is 0 Å². The van der Waals surface area contributed by atoms with Gasteiger partial charge in [-0.1, -0.05) is 188 Å². The Labute approximate surface area is 275 Å². The van der Waals surface area contributed by atoms with E-state index in [0.29, 0.717) is 0 Å². The summed E-state index contributed by atoms with van der Waals surface area (Å²) in [4.78, 5) is 0. The van der Waals surface area contributed by atoms with Crippen LogP contribution in [0, 0.1) is 5.41 Å². The van der Waals surface area contributed by atoms with Gasteiger partial charge in [-0.05, 0) is 33.4 Å². The smallest absolute Gasteiger partial charge is 0.0464 e. The summed E-state index contributed by atoms with van der Waals surface area (Å²) in [6.07, 6.45) is 2.25. The van der Waals surface area contributed by atoms with Crippen molar-refractivity contribution in [1.29, 1.82) is 0 Å². The maximum Gasteiger partial charge on any atom is 0.0464 e. The molecule has 3 atom stereocenters. The zero-order valence-corrected chi connectivity index (χ0v) is 28.8. The van der Waals surface area contributed by atoms with Crippen LogP contribution in [0.15, 0.2) is 195 Å². The van der Waals surface area contributed by atoms with E-state index in [1.54, 1.807) is 0 Å². The molecule has 0 saturated heterocycles. The fraction of sp³-hybridized carbons (Fsp3) is 0.0952. The molecular formula is C42H39P3. The summed E-state index contributed by atoms with van der Waals surface area (Å²) in [7, 11) is 10.2. The lowest BCUT2D eigenvalue weighted by Crippen LogP contribution is -2.62. The summed E-state index contributed by atoms with van der Waals surface area (Å²) in [5.41, 5.74) is 6.26. The summed E-state index contributed by atoms with van der Waals surface area (Å²) in [5.74, 6) is 0. The Morgan fingerprint density at radius 1 is 0.311 bits per heavy atom. The van der Waals surface area contributed by atoms with E-state index >= 15 is 0 Å². The Morgan fingerprint density at radius 2 is 0.467 bits per heavy atom. The van der Waals surface area contributed by atoms with Crippen LogP contribution in [-0.4, -0.2) is 0 Å². The van der Waals surface area contributed by atoms with Gasteiger partial charge < -0.3 is 0 Å². The SMILES string of the molecule is C=CC(C(P)(c1ccccc1)c1ccccc1)(C(P)(c1ccccc1)c1ccccc1)C(P)(c1ccccc1)c1ccccc1. The van der Waals surface area contributed by atoms with Gasteiger partial charge in [0.05, 0.1) is 0 Å². The summed E-state index contributed by atoms with van der Waals surface area (Å²) in [6.45, 7) is 4.84. The van der Waals surface area contributed by atoms with Gasteiger partial charge >= 0.3 is 0 Å². The molecule has 0 amide bonds. The summed E-state index contributed by atoms with van der Waals surface area (Å²) < 4.78 is 0. The first-order chi connectivity index (χ1) is 21.9. The second-order valence-electron chi connectivity index (χ2n) is 11.6. The molecule has 222 valence electrons. The first-order valence-corrected chi connectivity index (χ1v) is 17.0. The van der Waals surface area contributed by atoms with Crippen molar-refractivity contribution in [2.75, 3.05) is 0 Å². The molecule has 0 N–H and O–H groups in total. The Bertz CT molecular complexity index is 1490. The van der Waals surface area contributed by atoms with Gasteiger partial charge in [0.25, 0.3) is 0 Å². The fourth-order valence-electron chi connectivity index (χ4n) is 7.49. The van der Waals surface area contributed by atoms with Crippen LogP contribution < -0.4 is 0 Å². The molecule has 6 aromatic carbocycles. The molecule has 0 bridgehead atoms. The van der Waals surface area contributed by atoms with E-state index in [-0.39, 0.29) is 0 Å². The molecule has 0 saturated carbocycles. The summed E-state index contributed by atoms with van der Waals surface area (Å²) in [5, 5.41) is -2.13. The molecule has 0 nitrogen and oxygen atoms in total. The van der Waals surface area contributed by atoms with Gasteiger partial charge in [0.1, 0.15) is 0 Å². The van der Waals surface area contributed by atoms with E-state index in [9.17, 15) is 0 Å². The van der Waals surface area contributed by atoms with Gasteiger partial charge in [0.15, 0.2) is 0 Å². The number of rotatable bonds is 10. The third-order valence-electron chi connectivity index (χ3n) is 9.55. The van der Waals surface area contributed by atoms with Crippen molar-refractivity contribution in [3.05, 3.63) is 228 Å². The van der Waals surface area contributed by atoms with Crippen LogP contribution in [-0.2, 0) is 15.5 Å². The van der Waals surface area contributed by atoms with Crippen LogP contribution >= 0.6 is 27.7 Å². The standard InChI is InChI=1S/C42H39P3/c1-2-39(40(43,33-21-9-3-10-22-33)34-23-11-4-12-24-34,41(44,35-25-13-5-14-26-35)36-27-15-6-16-28-36)42(45,37-29-17-7-18-30-37)38-31-19-8-20-32-38/h2-32H,1,43-45H2. The Balaban J connectivity index is 1.93. The van der Waals surface area contributed by atoms with Crippen molar-refractivity contribution < 1.29 is 0 Å². The van der Waals surface area contributed by atoms with Gasteiger partial charge in [0.2, 0.25) is 0 Å². The zero-order valence-electron chi connectivity index (χ0n) is 25.3.